The molecule has 0 bridgehead atoms. The van der Waals surface area contributed by atoms with Gasteiger partial charge < -0.3 is 9.64 Å². The van der Waals surface area contributed by atoms with Crippen LogP contribution in [0.25, 0.3) is 0 Å². The number of imide groups is 1. The largest absolute Gasteiger partial charge is 0.457 e. The zero-order chi connectivity index (χ0) is 19.6. The van der Waals surface area contributed by atoms with Gasteiger partial charge in [-0.05, 0) is 31.5 Å². The van der Waals surface area contributed by atoms with Crippen molar-refractivity contribution in [2.75, 3.05) is 13.6 Å². The van der Waals surface area contributed by atoms with Crippen LogP contribution in [-0.2, 0) is 20.9 Å². The van der Waals surface area contributed by atoms with Crippen LogP contribution in [0.15, 0.2) is 36.4 Å². The molecule has 0 N–H and O–H groups in total. The van der Waals surface area contributed by atoms with E-state index >= 15 is 0 Å². The number of nitrogens with zero attached hydrogens (tertiary/aromatic N) is 3. The third-order valence-electron chi connectivity index (χ3n) is 4.28. The zero-order valence-electron chi connectivity index (χ0n) is 14.7. The van der Waals surface area contributed by atoms with Gasteiger partial charge in [-0.2, -0.15) is 0 Å². The van der Waals surface area contributed by atoms with Crippen molar-refractivity contribution in [1.82, 2.24) is 9.80 Å². The molecule has 1 aromatic carbocycles. The predicted molar refractivity (Wildman–Crippen MR) is 91.0 cm³/mol. The third-order valence-corrected chi connectivity index (χ3v) is 4.28. The maximum Gasteiger partial charge on any atom is 0.335 e. The number of benzene rings is 1. The van der Waals surface area contributed by atoms with Crippen LogP contribution in [0.5, 0.6) is 0 Å². The highest BCUT2D eigenvalue weighted by molar-refractivity contribution is 6.07. The Balaban J connectivity index is 1.94. The van der Waals surface area contributed by atoms with E-state index in [4.69, 9.17) is 4.74 Å². The second-order valence-electron chi connectivity index (χ2n) is 6.40. The van der Waals surface area contributed by atoms with Crippen LogP contribution < -0.4 is 0 Å². The average Bonchev–Trinajstić information content (AvgIpc) is 2.74. The third kappa shape index (κ3) is 3.56. The number of nitro benzene ring substituents is 1. The molecule has 1 fully saturated rings. The van der Waals surface area contributed by atoms with Gasteiger partial charge >= 0.3 is 12.0 Å². The first-order valence-electron chi connectivity index (χ1n) is 7.73. The number of nitro groups is 1. The van der Waals surface area contributed by atoms with Crippen molar-refractivity contribution < 1.29 is 24.0 Å². The number of urea groups is 1. The fraction of sp³-hybridized carbons (Fsp3) is 0.353. The molecule has 2 rings (SSSR count). The van der Waals surface area contributed by atoms with E-state index in [0.717, 1.165) is 4.90 Å². The monoisotopic (exact) mass is 361 g/mol. The lowest BCUT2D eigenvalue weighted by Crippen LogP contribution is -2.41. The highest BCUT2D eigenvalue weighted by Gasteiger charge is 2.49. The lowest BCUT2D eigenvalue weighted by atomic mass is 10.1. The van der Waals surface area contributed by atoms with E-state index in [-0.39, 0.29) is 24.4 Å². The lowest BCUT2D eigenvalue weighted by molar-refractivity contribution is -0.384. The Morgan fingerprint density at radius 2 is 1.85 bits per heavy atom. The van der Waals surface area contributed by atoms with Gasteiger partial charge in [-0.25, -0.2) is 9.59 Å². The number of rotatable bonds is 6. The molecule has 26 heavy (non-hydrogen) atoms. The van der Waals surface area contributed by atoms with Crippen LogP contribution in [0.4, 0.5) is 10.5 Å². The molecular weight excluding hydrogens is 342 g/mol. The maximum absolute atomic E-state index is 12.3. The van der Waals surface area contributed by atoms with Gasteiger partial charge in [0.15, 0.2) is 0 Å². The topological polar surface area (TPSA) is 110 Å². The molecule has 1 aliphatic heterocycles. The Labute approximate surface area is 150 Å². The number of hydrogen-bond acceptors (Lipinski definition) is 6. The van der Waals surface area contributed by atoms with Crippen LogP contribution in [0.2, 0.25) is 0 Å². The van der Waals surface area contributed by atoms with E-state index in [2.05, 4.69) is 6.58 Å². The lowest BCUT2D eigenvalue weighted by Gasteiger charge is -2.22. The van der Waals surface area contributed by atoms with Crippen LogP contribution in [0.3, 0.4) is 0 Å². The summed E-state index contributed by atoms with van der Waals surface area (Å²) in [7, 11) is 1.51. The number of carbonyl (C=O) groups is 3. The summed E-state index contributed by atoms with van der Waals surface area (Å²) in [6.07, 6.45) is 0. The van der Waals surface area contributed by atoms with Crippen molar-refractivity contribution in [2.45, 2.75) is 26.0 Å². The minimum atomic E-state index is -0.986. The summed E-state index contributed by atoms with van der Waals surface area (Å²) in [6.45, 7) is 6.44. The normalized spacial score (nSPS) is 16.0. The molecule has 1 aromatic rings. The second-order valence-corrected chi connectivity index (χ2v) is 6.40. The summed E-state index contributed by atoms with van der Waals surface area (Å²) >= 11 is 0. The van der Waals surface area contributed by atoms with Gasteiger partial charge in [-0.1, -0.05) is 6.58 Å². The van der Waals surface area contributed by atoms with Crippen molar-refractivity contribution in [2.24, 2.45) is 0 Å². The van der Waals surface area contributed by atoms with E-state index in [9.17, 15) is 24.5 Å². The van der Waals surface area contributed by atoms with E-state index in [1.807, 2.05) is 0 Å². The molecule has 0 spiro atoms. The Kier molecular flexibility index (Phi) is 5.10. The van der Waals surface area contributed by atoms with Crippen molar-refractivity contribution in [3.05, 3.63) is 52.1 Å². The van der Waals surface area contributed by atoms with E-state index in [1.165, 1.54) is 36.2 Å². The molecule has 138 valence electrons. The smallest absolute Gasteiger partial charge is 0.335 e. The number of non-ortho nitro benzene ring substituents is 1. The van der Waals surface area contributed by atoms with Gasteiger partial charge in [0.2, 0.25) is 0 Å². The molecule has 0 aromatic heterocycles. The molecule has 0 radical (unpaired) electrons. The number of hydrogen-bond donors (Lipinski definition) is 0. The first-order chi connectivity index (χ1) is 12.1. The average molecular weight is 361 g/mol. The molecule has 1 saturated heterocycles. The van der Waals surface area contributed by atoms with Gasteiger partial charge in [0.05, 0.1) is 11.5 Å². The molecule has 1 heterocycles. The first-order valence-corrected chi connectivity index (χ1v) is 7.73. The van der Waals surface area contributed by atoms with Gasteiger partial charge in [-0.15, -0.1) is 0 Å². The van der Waals surface area contributed by atoms with Crippen molar-refractivity contribution in [1.29, 1.82) is 0 Å². The van der Waals surface area contributed by atoms with Crippen LogP contribution in [-0.4, -0.2) is 51.8 Å². The SMILES string of the molecule is C=C(CN1C(=O)N(C)C(C)(C)C1=O)C(=O)OCc1ccc([N+](=O)[O-])cc1. The van der Waals surface area contributed by atoms with Gasteiger partial charge in [0.25, 0.3) is 11.6 Å². The molecule has 9 nitrogen and oxygen atoms in total. The molecule has 0 atom stereocenters. The van der Waals surface area contributed by atoms with E-state index in [1.54, 1.807) is 13.8 Å². The molecule has 3 amide bonds. The Bertz CT molecular complexity index is 784. The summed E-state index contributed by atoms with van der Waals surface area (Å²) < 4.78 is 5.08. The molecule has 0 unspecified atom stereocenters. The molecular formula is C17H19N3O6. The van der Waals surface area contributed by atoms with Crippen LogP contribution >= 0.6 is 0 Å². The fourth-order valence-electron chi connectivity index (χ4n) is 2.34. The first kappa shape index (κ1) is 19.1. The second kappa shape index (κ2) is 6.95. The summed E-state index contributed by atoms with van der Waals surface area (Å²) in [5.74, 6) is -1.18. The quantitative estimate of drug-likeness (QED) is 0.251. The highest BCUT2D eigenvalue weighted by atomic mass is 16.6. The molecule has 9 heteroatoms. The zero-order valence-corrected chi connectivity index (χ0v) is 14.7. The van der Waals surface area contributed by atoms with Crippen molar-refractivity contribution in [3.8, 4) is 0 Å². The highest BCUT2D eigenvalue weighted by Crippen LogP contribution is 2.26. The van der Waals surface area contributed by atoms with Crippen LogP contribution in [0, 0.1) is 10.1 Å². The minimum absolute atomic E-state index is 0.0419. The maximum atomic E-state index is 12.3. The summed E-state index contributed by atoms with van der Waals surface area (Å²) in [6, 6.07) is 5.04. The molecule has 0 saturated carbocycles. The van der Waals surface area contributed by atoms with Gasteiger partial charge in [0.1, 0.15) is 12.1 Å². The van der Waals surface area contributed by atoms with Crippen molar-refractivity contribution >= 4 is 23.6 Å². The van der Waals surface area contributed by atoms with Gasteiger partial charge in [0, 0.05) is 24.8 Å². The number of esters is 1. The number of carbonyl (C=O) groups excluding carboxylic acids is 3. The number of amides is 3. The summed E-state index contributed by atoms with van der Waals surface area (Å²) in [5.41, 5.74) is -0.534. The van der Waals surface area contributed by atoms with Crippen LogP contribution in [0.1, 0.15) is 19.4 Å². The Morgan fingerprint density at radius 3 is 2.31 bits per heavy atom. The summed E-state index contributed by atoms with van der Waals surface area (Å²) in [5, 5.41) is 10.6. The van der Waals surface area contributed by atoms with E-state index in [0.29, 0.717) is 5.56 Å². The molecule has 1 aliphatic rings. The van der Waals surface area contributed by atoms with Gasteiger partial charge in [-0.3, -0.25) is 19.8 Å². The predicted octanol–water partition coefficient (Wildman–Crippen LogP) is 1.87. The summed E-state index contributed by atoms with van der Waals surface area (Å²) in [4.78, 5) is 48.8. The van der Waals surface area contributed by atoms with Crippen molar-refractivity contribution in [3.63, 3.8) is 0 Å². The number of ether oxygens (including phenoxy) is 1. The van der Waals surface area contributed by atoms with E-state index < -0.39 is 28.4 Å². The molecule has 0 aliphatic carbocycles. The fourth-order valence-corrected chi connectivity index (χ4v) is 2.34. The number of likely N-dealkylation sites (N-methyl/N-ethyl adjacent to an activating group) is 1. The standard InChI is InChI=1S/C17H19N3O6/c1-11(9-19-15(22)17(2,3)18(4)16(19)23)14(21)26-10-12-5-7-13(8-6-12)20(24)25/h5-8H,1,9-10H2,2-4H3. The Morgan fingerprint density at radius 1 is 1.27 bits per heavy atom. The minimum Gasteiger partial charge on any atom is -0.457 e. The Hall–Kier alpha value is -3.23.